The van der Waals surface area contributed by atoms with Crippen LogP contribution < -0.4 is 5.32 Å². The van der Waals surface area contributed by atoms with Crippen LogP contribution >= 0.6 is 11.6 Å². The highest BCUT2D eigenvalue weighted by Crippen LogP contribution is 2.19. The largest absolute Gasteiger partial charge is 0.463 e. The molecule has 0 aliphatic rings. The van der Waals surface area contributed by atoms with Crippen molar-refractivity contribution in [3.8, 4) is 0 Å². The molecule has 0 saturated carbocycles. The molecule has 0 radical (unpaired) electrons. The SMILES string of the molecule is Cc1nn(C)c(Cl)c1/C=C/C(=O)NCCC(=O)OC(C)C. The summed E-state index contributed by atoms with van der Waals surface area (Å²) in [5.74, 6) is -0.632. The Morgan fingerprint density at radius 2 is 2.14 bits per heavy atom. The van der Waals surface area contributed by atoms with Gasteiger partial charge in [0.25, 0.3) is 0 Å². The van der Waals surface area contributed by atoms with Crippen molar-refractivity contribution < 1.29 is 14.3 Å². The monoisotopic (exact) mass is 313 g/mol. The Balaban J connectivity index is 2.44. The zero-order chi connectivity index (χ0) is 16.0. The third-order valence-corrected chi connectivity index (χ3v) is 3.04. The van der Waals surface area contributed by atoms with E-state index in [9.17, 15) is 9.59 Å². The van der Waals surface area contributed by atoms with Crippen molar-refractivity contribution in [1.82, 2.24) is 15.1 Å². The molecule has 1 aromatic heterocycles. The minimum absolute atomic E-state index is 0.143. The number of hydrogen-bond acceptors (Lipinski definition) is 4. The lowest BCUT2D eigenvalue weighted by atomic mass is 10.2. The fraction of sp³-hybridized carbons (Fsp3) is 0.500. The molecule has 0 atom stereocenters. The number of aryl methyl sites for hydroxylation is 2. The van der Waals surface area contributed by atoms with Gasteiger partial charge in [0, 0.05) is 25.2 Å². The Labute approximate surface area is 129 Å². The number of ether oxygens (including phenoxy) is 1. The quantitative estimate of drug-likeness (QED) is 0.642. The average Bonchev–Trinajstić information content (AvgIpc) is 2.60. The van der Waals surface area contributed by atoms with Gasteiger partial charge in [-0.25, -0.2) is 0 Å². The number of rotatable bonds is 6. The second-order valence-electron chi connectivity index (χ2n) is 4.83. The van der Waals surface area contributed by atoms with Gasteiger partial charge in [0.15, 0.2) is 0 Å². The van der Waals surface area contributed by atoms with Gasteiger partial charge in [-0.1, -0.05) is 11.6 Å². The number of aromatic nitrogens is 2. The summed E-state index contributed by atoms with van der Waals surface area (Å²) in [6.07, 6.45) is 2.96. The number of carbonyl (C=O) groups is 2. The molecule has 6 nitrogen and oxygen atoms in total. The molecule has 1 heterocycles. The highest BCUT2D eigenvalue weighted by atomic mass is 35.5. The van der Waals surface area contributed by atoms with E-state index < -0.39 is 0 Å². The van der Waals surface area contributed by atoms with Crippen LogP contribution in [0.5, 0.6) is 0 Å². The molecule has 0 aromatic carbocycles. The van der Waals surface area contributed by atoms with Gasteiger partial charge < -0.3 is 10.1 Å². The number of hydrogen-bond donors (Lipinski definition) is 1. The van der Waals surface area contributed by atoms with Crippen LogP contribution in [0.1, 0.15) is 31.5 Å². The van der Waals surface area contributed by atoms with Gasteiger partial charge in [-0.2, -0.15) is 5.10 Å². The van der Waals surface area contributed by atoms with Crippen molar-refractivity contribution in [3.63, 3.8) is 0 Å². The highest BCUT2D eigenvalue weighted by molar-refractivity contribution is 6.31. The minimum Gasteiger partial charge on any atom is -0.463 e. The zero-order valence-electron chi connectivity index (χ0n) is 12.6. The van der Waals surface area contributed by atoms with E-state index in [1.165, 1.54) is 10.8 Å². The maximum Gasteiger partial charge on any atom is 0.307 e. The standard InChI is InChI=1S/C14H20ClN3O3/c1-9(2)21-13(20)7-8-16-12(19)6-5-11-10(3)17-18(4)14(11)15/h5-6,9H,7-8H2,1-4H3,(H,16,19)/b6-5+. The summed E-state index contributed by atoms with van der Waals surface area (Å²) in [4.78, 5) is 22.9. The Hall–Kier alpha value is -1.82. The molecule has 0 aliphatic heterocycles. The van der Waals surface area contributed by atoms with Gasteiger partial charge in [0.1, 0.15) is 5.15 Å². The van der Waals surface area contributed by atoms with Crippen LogP contribution in [-0.4, -0.2) is 34.3 Å². The van der Waals surface area contributed by atoms with E-state index in [0.717, 1.165) is 5.69 Å². The first-order chi connectivity index (χ1) is 9.81. The summed E-state index contributed by atoms with van der Waals surface area (Å²) in [5.41, 5.74) is 1.44. The zero-order valence-corrected chi connectivity index (χ0v) is 13.4. The fourth-order valence-corrected chi connectivity index (χ4v) is 1.90. The smallest absolute Gasteiger partial charge is 0.307 e. The summed E-state index contributed by atoms with van der Waals surface area (Å²) < 4.78 is 6.50. The van der Waals surface area contributed by atoms with Crippen LogP contribution in [0.15, 0.2) is 6.08 Å². The van der Waals surface area contributed by atoms with E-state index in [2.05, 4.69) is 10.4 Å². The molecule has 0 spiro atoms. The van der Waals surface area contributed by atoms with Crippen molar-refractivity contribution in [2.24, 2.45) is 7.05 Å². The van der Waals surface area contributed by atoms with Gasteiger partial charge in [-0.3, -0.25) is 14.3 Å². The van der Waals surface area contributed by atoms with Gasteiger partial charge in [-0.15, -0.1) is 0 Å². The lowest BCUT2D eigenvalue weighted by molar-refractivity contribution is -0.147. The first-order valence-corrected chi connectivity index (χ1v) is 7.03. The van der Waals surface area contributed by atoms with E-state index in [1.54, 1.807) is 27.0 Å². The van der Waals surface area contributed by atoms with Crippen LogP contribution in [0, 0.1) is 6.92 Å². The molecule has 1 rings (SSSR count). The van der Waals surface area contributed by atoms with Crippen molar-refractivity contribution >= 4 is 29.6 Å². The normalized spacial score (nSPS) is 11.1. The van der Waals surface area contributed by atoms with Crippen LogP contribution in [0.4, 0.5) is 0 Å². The first-order valence-electron chi connectivity index (χ1n) is 6.65. The summed E-state index contributed by atoms with van der Waals surface area (Å²) in [6.45, 7) is 5.60. The molecule has 0 fully saturated rings. The molecule has 0 aliphatic carbocycles. The number of nitrogens with zero attached hydrogens (tertiary/aromatic N) is 2. The number of nitrogens with one attached hydrogen (secondary N) is 1. The first kappa shape index (κ1) is 17.2. The number of halogens is 1. The molecule has 0 unspecified atom stereocenters. The molecular formula is C14H20ClN3O3. The number of carbonyl (C=O) groups excluding carboxylic acids is 2. The van der Waals surface area contributed by atoms with Crippen LogP contribution in [0.2, 0.25) is 5.15 Å². The van der Waals surface area contributed by atoms with E-state index >= 15 is 0 Å². The highest BCUT2D eigenvalue weighted by Gasteiger charge is 2.09. The molecule has 1 N–H and O–H groups in total. The Morgan fingerprint density at radius 1 is 1.48 bits per heavy atom. The van der Waals surface area contributed by atoms with Crippen molar-refractivity contribution in [3.05, 3.63) is 22.5 Å². The summed E-state index contributed by atoms with van der Waals surface area (Å²) in [6, 6.07) is 0. The third kappa shape index (κ3) is 5.59. The maximum absolute atomic E-state index is 11.6. The summed E-state index contributed by atoms with van der Waals surface area (Å²) in [7, 11) is 1.73. The van der Waals surface area contributed by atoms with Gasteiger partial charge >= 0.3 is 5.97 Å². The maximum atomic E-state index is 11.6. The predicted molar refractivity (Wildman–Crippen MR) is 80.8 cm³/mol. The molecule has 1 amide bonds. The number of esters is 1. The van der Waals surface area contributed by atoms with Crippen LogP contribution in [-0.2, 0) is 21.4 Å². The van der Waals surface area contributed by atoms with E-state index in [-0.39, 0.29) is 30.9 Å². The van der Waals surface area contributed by atoms with Gasteiger partial charge in [0.2, 0.25) is 5.91 Å². The summed E-state index contributed by atoms with van der Waals surface area (Å²) in [5, 5.41) is 7.22. The Morgan fingerprint density at radius 3 is 2.67 bits per heavy atom. The van der Waals surface area contributed by atoms with E-state index in [4.69, 9.17) is 16.3 Å². The van der Waals surface area contributed by atoms with Crippen LogP contribution in [0.3, 0.4) is 0 Å². The minimum atomic E-state index is -0.333. The molecule has 21 heavy (non-hydrogen) atoms. The van der Waals surface area contributed by atoms with E-state index in [1.807, 2.05) is 6.92 Å². The summed E-state index contributed by atoms with van der Waals surface area (Å²) >= 11 is 6.05. The molecule has 116 valence electrons. The average molecular weight is 314 g/mol. The van der Waals surface area contributed by atoms with Gasteiger partial charge in [0.05, 0.1) is 18.2 Å². The van der Waals surface area contributed by atoms with Crippen molar-refractivity contribution in [2.75, 3.05) is 6.54 Å². The van der Waals surface area contributed by atoms with Crippen LogP contribution in [0.25, 0.3) is 6.08 Å². The Kier molecular flexibility index (Phi) is 6.42. The molecule has 7 heteroatoms. The number of amides is 1. The second-order valence-corrected chi connectivity index (χ2v) is 5.18. The Bertz CT molecular complexity index is 550. The van der Waals surface area contributed by atoms with Crippen molar-refractivity contribution in [1.29, 1.82) is 0 Å². The lowest BCUT2D eigenvalue weighted by Crippen LogP contribution is -2.25. The fourth-order valence-electron chi connectivity index (χ4n) is 1.66. The van der Waals surface area contributed by atoms with Gasteiger partial charge in [-0.05, 0) is 26.8 Å². The second kappa shape index (κ2) is 7.83. The molecule has 1 aromatic rings. The predicted octanol–water partition coefficient (Wildman–Crippen LogP) is 1.85. The lowest BCUT2D eigenvalue weighted by Gasteiger charge is -2.07. The molecule has 0 saturated heterocycles. The topological polar surface area (TPSA) is 73.2 Å². The van der Waals surface area contributed by atoms with E-state index in [0.29, 0.717) is 10.7 Å². The van der Waals surface area contributed by atoms with Crippen molar-refractivity contribution in [2.45, 2.75) is 33.3 Å². The third-order valence-electron chi connectivity index (χ3n) is 2.59. The molecule has 0 bridgehead atoms. The molecular weight excluding hydrogens is 294 g/mol.